The second-order valence-corrected chi connectivity index (χ2v) is 6.42. The maximum Gasteiger partial charge on any atom is 0.253 e. The van der Waals surface area contributed by atoms with E-state index in [9.17, 15) is 4.79 Å². The average molecular weight is 339 g/mol. The lowest BCUT2D eigenvalue weighted by molar-refractivity contribution is 0.0758. The van der Waals surface area contributed by atoms with Crippen molar-refractivity contribution in [1.29, 1.82) is 0 Å². The van der Waals surface area contributed by atoms with Crippen molar-refractivity contribution < 1.29 is 9.53 Å². The molecule has 0 radical (unpaired) electrons. The predicted octanol–water partition coefficient (Wildman–Crippen LogP) is 2.97. The van der Waals surface area contributed by atoms with Gasteiger partial charge in [0.25, 0.3) is 5.91 Å². The van der Waals surface area contributed by atoms with Gasteiger partial charge < -0.3 is 15.0 Å². The zero-order valence-electron chi connectivity index (χ0n) is 13.8. The zero-order chi connectivity index (χ0) is 15.4. The van der Waals surface area contributed by atoms with E-state index in [2.05, 4.69) is 12.2 Å². The molecule has 2 fully saturated rings. The van der Waals surface area contributed by atoms with Gasteiger partial charge in [0.15, 0.2) is 0 Å². The molecule has 1 N–H and O–H groups in total. The van der Waals surface area contributed by atoms with E-state index in [-0.39, 0.29) is 18.3 Å². The number of likely N-dealkylation sites (tertiary alicyclic amines) is 1. The second kappa shape index (κ2) is 8.55. The number of amides is 1. The van der Waals surface area contributed by atoms with Gasteiger partial charge in [-0.15, -0.1) is 12.4 Å². The first-order valence-corrected chi connectivity index (χ1v) is 8.50. The third-order valence-corrected chi connectivity index (χ3v) is 4.86. The Morgan fingerprint density at radius 1 is 1.26 bits per heavy atom. The fourth-order valence-corrected chi connectivity index (χ4v) is 3.54. The SMILES string of the molecule is CCCOc1cccc(C(=O)N2CC[C@@H]3CNC[C@@H]3CC2)c1.Cl. The first-order chi connectivity index (χ1) is 10.8. The molecule has 0 aliphatic carbocycles. The Balaban J connectivity index is 0.00000192. The summed E-state index contributed by atoms with van der Waals surface area (Å²) in [5, 5.41) is 3.47. The van der Waals surface area contributed by atoms with E-state index < -0.39 is 0 Å². The van der Waals surface area contributed by atoms with Crippen molar-refractivity contribution in [3.8, 4) is 5.75 Å². The lowest BCUT2D eigenvalue weighted by Gasteiger charge is -2.21. The molecule has 2 heterocycles. The van der Waals surface area contributed by atoms with Crippen LogP contribution in [0.25, 0.3) is 0 Å². The average Bonchev–Trinajstić information content (AvgIpc) is 2.91. The topological polar surface area (TPSA) is 41.6 Å². The number of hydrogen-bond acceptors (Lipinski definition) is 3. The van der Waals surface area contributed by atoms with Gasteiger partial charge in [-0.25, -0.2) is 0 Å². The first-order valence-electron chi connectivity index (χ1n) is 8.50. The number of nitrogens with one attached hydrogen (secondary N) is 1. The maximum atomic E-state index is 12.8. The Labute approximate surface area is 145 Å². The standard InChI is InChI=1S/C18H26N2O2.ClH/c1-2-10-22-17-5-3-4-14(11-17)18(21)20-8-6-15-12-19-13-16(15)7-9-20;/h3-5,11,15-16,19H,2,6-10,12-13H2,1H3;1H/t15-,16+;. The smallest absolute Gasteiger partial charge is 0.253 e. The highest BCUT2D eigenvalue weighted by molar-refractivity contribution is 5.94. The molecule has 23 heavy (non-hydrogen) atoms. The fraction of sp³-hybridized carbons (Fsp3) is 0.611. The summed E-state index contributed by atoms with van der Waals surface area (Å²) < 4.78 is 5.64. The van der Waals surface area contributed by atoms with Crippen LogP contribution in [-0.4, -0.2) is 43.6 Å². The summed E-state index contributed by atoms with van der Waals surface area (Å²) in [5.74, 6) is 2.44. The lowest BCUT2D eigenvalue weighted by atomic mass is 9.92. The van der Waals surface area contributed by atoms with E-state index in [4.69, 9.17) is 4.74 Å². The molecule has 0 bridgehead atoms. The predicted molar refractivity (Wildman–Crippen MR) is 94.5 cm³/mol. The van der Waals surface area contributed by atoms with Crippen LogP contribution >= 0.6 is 12.4 Å². The zero-order valence-corrected chi connectivity index (χ0v) is 14.6. The van der Waals surface area contributed by atoms with Crippen LogP contribution in [0.4, 0.5) is 0 Å². The van der Waals surface area contributed by atoms with Crippen LogP contribution in [0.3, 0.4) is 0 Å². The molecule has 128 valence electrons. The molecule has 1 aromatic rings. The molecule has 0 saturated carbocycles. The Morgan fingerprint density at radius 2 is 1.96 bits per heavy atom. The van der Waals surface area contributed by atoms with Crippen molar-refractivity contribution >= 4 is 18.3 Å². The van der Waals surface area contributed by atoms with Gasteiger partial charge in [-0.05, 0) is 62.4 Å². The first kappa shape index (κ1) is 18.1. The van der Waals surface area contributed by atoms with Crippen molar-refractivity contribution in [1.82, 2.24) is 10.2 Å². The Hall–Kier alpha value is -1.26. The highest BCUT2D eigenvalue weighted by Gasteiger charge is 2.31. The van der Waals surface area contributed by atoms with E-state index in [1.807, 2.05) is 29.2 Å². The van der Waals surface area contributed by atoms with Crippen LogP contribution in [0.5, 0.6) is 5.75 Å². The summed E-state index contributed by atoms with van der Waals surface area (Å²) >= 11 is 0. The van der Waals surface area contributed by atoms with Gasteiger partial charge in [-0.3, -0.25) is 4.79 Å². The lowest BCUT2D eigenvalue weighted by Crippen LogP contribution is -2.32. The maximum absolute atomic E-state index is 12.8. The highest BCUT2D eigenvalue weighted by atomic mass is 35.5. The van der Waals surface area contributed by atoms with Gasteiger partial charge in [0.2, 0.25) is 0 Å². The molecule has 0 unspecified atom stereocenters. The summed E-state index contributed by atoms with van der Waals surface area (Å²) in [6.07, 6.45) is 3.21. The molecule has 5 heteroatoms. The van der Waals surface area contributed by atoms with Crippen LogP contribution in [0.2, 0.25) is 0 Å². The number of carbonyl (C=O) groups excluding carboxylic acids is 1. The summed E-state index contributed by atoms with van der Waals surface area (Å²) in [6, 6.07) is 7.61. The number of benzene rings is 1. The molecule has 0 spiro atoms. The van der Waals surface area contributed by atoms with Crippen molar-refractivity contribution in [3.63, 3.8) is 0 Å². The minimum atomic E-state index is 0. The monoisotopic (exact) mass is 338 g/mol. The van der Waals surface area contributed by atoms with Gasteiger partial charge >= 0.3 is 0 Å². The Morgan fingerprint density at radius 3 is 2.61 bits per heavy atom. The molecule has 1 amide bonds. The highest BCUT2D eigenvalue weighted by Crippen LogP contribution is 2.28. The molecule has 2 saturated heterocycles. The van der Waals surface area contributed by atoms with Crippen molar-refractivity contribution in [2.24, 2.45) is 11.8 Å². The largest absolute Gasteiger partial charge is 0.494 e. The van der Waals surface area contributed by atoms with Crippen LogP contribution in [0.1, 0.15) is 36.5 Å². The molecule has 2 aliphatic rings. The van der Waals surface area contributed by atoms with Gasteiger partial charge in [-0.2, -0.15) is 0 Å². The number of nitrogens with zero attached hydrogens (tertiary/aromatic N) is 1. The minimum absolute atomic E-state index is 0. The third-order valence-electron chi connectivity index (χ3n) is 4.86. The van der Waals surface area contributed by atoms with Gasteiger partial charge in [0, 0.05) is 18.7 Å². The van der Waals surface area contributed by atoms with E-state index in [1.165, 1.54) is 0 Å². The number of ether oxygens (including phenoxy) is 1. The molecule has 2 aliphatic heterocycles. The number of hydrogen-bond donors (Lipinski definition) is 1. The van der Waals surface area contributed by atoms with Crippen LogP contribution in [0.15, 0.2) is 24.3 Å². The van der Waals surface area contributed by atoms with E-state index >= 15 is 0 Å². The molecule has 2 atom stereocenters. The Bertz CT molecular complexity index is 509. The van der Waals surface area contributed by atoms with Crippen LogP contribution in [-0.2, 0) is 0 Å². The summed E-state index contributed by atoms with van der Waals surface area (Å²) in [4.78, 5) is 14.8. The quantitative estimate of drug-likeness (QED) is 0.917. The molecule has 4 nitrogen and oxygen atoms in total. The summed E-state index contributed by atoms with van der Waals surface area (Å²) in [7, 11) is 0. The van der Waals surface area contributed by atoms with Crippen molar-refractivity contribution in [2.45, 2.75) is 26.2 Å². The molecule has 3 rings (SSSR count). The molecular weight excluding hydrogens is 312 g/mol. The number of carbonyl (C=O) groups is 1. The van der Waals surface area contributed by atoms with Crippen LogP contribution in [0, 0.1) is 11.8 Å². The van der Waals surface area contributed by atoms with Gasteiger partial charge in [0.05, 0.1) is 6.61 Å². The fourth-order valence-electron chi connectivity index (χ4n) is 3.54. The molecule has 1 aromatic carbocycles. The normalized spacial score (nSPS) is 23.6. The Kier molecular flexibility index (Phi) is 6.72. The number of fused-ring (bicyclic) bond motifs is 1. The summed E-state index contributed by atoms with van der Waals surface area (Å²) in [5.41, 5.74) is 0.749. The van der Waals surface area contributed by atoms with E-state index in [1.54, 1.807) is 0 Å². The molecule has 0 aromatic heterocycles. The van der Waals surface area contributed by atoms with Gasteiger partial charge in [0.1, 0.15) is 5.75 Å². The summed E-state index contributed by atoms with van der Waals surface area (Å²) in [6.45, 7) is 6.76. The van der Waals surface area contributed by atoms with Crippen molar-refractivity contribution in [3.05, 3.63) is 29.8 Å². The minimum Gasteiger partial charge on any atom is -0.494 e. The molecular formula is C18H27ClN2O2. The number of halogens is 1. The van der Waals surface area contributed by atoms with E-state index in [0.29, 0.717) is 6.61 Å². The van der Waals surface area contributed by atoms with Crippen molar-refractivity contribution in [2.75, 3.05) is 32.8 Å². The van der Waals surface area contributed by atoms with Gasteiger partial charge in [-0.1, -0.05) is 13.0 Å². The number of rotatable bonds is 4. The third kappa shape index (κ3) is 4.39. The van der Waals surface area contributed by atoms with E-state index in [0.717, 1.165) is 68.6 Å². The second-order valence-electron chi connectivity index (χ2n) is 6.42. The van der Waals surface area contributed by atoms with Crippen LogP contribution < -0.4 is 10.1 Å².